The monoisotopic (exact) mass is 254 g/mol. The Hall–Kier alpha value is -0.590. The Morgan fingerprint density at radius 2 is 1.72 bits per heavy atom. The Bertz CT molecular complexity index is 254. The SMILES string of the molecule is CC(C)(C#N)CCCCNCC(C)(C)CCCO. The van der Waals surface area contributed by atoms with Gasteiger partial charge in [0.15, 0.2) is 0 Å². The molecule has 0 aromatic carbocycles. The van der Waals surface area contributed by atoms with E-state index in [0.717, 1.165) is 45.2 Å². The maximum Gasteiger partial charge on any atom is 0.0683 e. The van der Waals surface area contributed by atoms with Gasteiger partial charge in [-0.3, -0.25) is 0 Å². The van der Waals surface area contributed by atoms with Crippen LogP contribution in [0.4, 0.5) is 0 Å². The van der Waals surface area contributed by atoms with E-state index in [0.29, 0.717) is 0 Å². The molecule has 0 aromatic heterocycles. The average molecular weight is 254 g/mol. The summed E-state index contributed by atoms with van der Waals surface area (Å²) in [5.41, 5.74) is 0.0784. The number of nitriles is 1. The highest BCUT2D eigenvalue weighted by Gasteiger charge is 2.17. The summed E-state index contributed by atoms with van der Waals surface area (Å²) in [5, 5.41) is 21.2. The second kappa shape index (κ2) is 8.50. The van der Waals surface area contributed by atoms with Crippen LogP contribution in [0.25, 0.3) is 0 Å². The van der Waals surface area contributed by atoms with E-state index >= 15 is 0 Å². The van der Waals surface area contributed by atoms with Crippen LogP contribution >= 0.6 is 0 Å². The van der Waals surface area contributed by atoms with E-state index in [2.05, 4.69) is 25.2 Å². The molecular weight excluding hydrogens is 224 g/mol. The average Bonchev–Trinajstić information content (AvgIpc) is 2.31. The molecule has 18 heavy (non-hydrogen) atoms. The number of aliphatic hydroxyl groups excluding tert-OH is 1. The number of rotatable bonds is 10. The van der Waals surface area contributed by atoms with Crippen molar-refractivity contribution in [2.24, 2.45) is 10.8 Å². The topological polar surface area (TPSA) is 56.0 Å². The highest BCUT2D eigenvalue weighted by Crippen LogP contribution is 2.22. The third-order valence-corrected chi connectivity index (χ3v) is 3.32. The largest absolute Gasteiger partial charge is 0.396 e. The smallest absolute Gasteiger partial charge is 0.0683 e. The van der Waals surface area contributed by atoms with Gasteiger partial charge in [-0.1, -0.05) is 20.3 Å². The summed E-state index contributed by atoms with van der Waals surface area (Å²) in [4.78, 5) is 0. The van der Waals surface area contributed by atoms with Gasteiger partial charge < -0.3 is 10.4 Å². The van der Waals surface area contributed by atoms with Crippen LogP contribution in [-0.4, -0.2) is 24.8 Å². The van der Waals surface area contributed by atoms with Gasteiger partial charge >= 0.3 is 0 Å². The van der Waals surface area contributed by atoms with Crippen LogP contribution in [0.5, 0.6) is 0 Å². The molecule has 3 heteroatoms. The van der Waals surface area contributed by atoms with Crippen molar-refractivity contribution in [1.29, 1.82) is 5.26 Å². The summed E-state index contributed by atoms with van der Waals surface area (Å²) in [6, 6.07) is 2.34. The van der Waals surface area contributed by atoms with Crippen LogP contribution in [-0.2, 0) is 0 Å². The lowest BCUT2D eigenvalue weighted by molar-refractivity contribution is 0.236. The molecule has 0 aromatic rings. The second-order valence-corrected chi connectivity index (χ2v) is 6.62. The predicted molar refractivity (Wildman–Crippen MR) is 76.2 cm³/mol. The van der Waals surface area contributed by atoms with E-state index in [4.69, 9.17) is 10.4 Å². The molecule has 0 aliphatic heterocycles. The van der Waals surface area contributed by atoms with Gasteiger partial charge in [-0.05, 0) is 51.5 Å². The van der Waals surface area contributed by atoms with Gasteiger partial charge in [0.05, 0.1) is 11.5 Å². The van der Waals surface area contributed by atoms with Crippen molar-refractivity contribution in [3.05, 3.63) is 0 Å². The summed E-state index contributed by atoms with van der Waals surface area (Å²) < 4.78 is 0. The van der Waals surface area contributed by atoms with E-state index in [1.54, 1.807) is 0 Å². The van der Waals surface area contributed by atoms with Crippen molar-refractivity contribution in [1.82, 2.24) is 5.32 Å². The van der Waals surface area contributed by atoms with E-state index in [-0.39, 0.29) is 17.4 Å². The summed E-state index contributed by atoms with van der Waals surface area (Å²) in [6.07, 6.45) is 5.13. The molecule has 0 fully saturated rings. The molecule has 0 radical (unpaired) electrons. The van der Waals surface area contributed by atoms with E-state index in [1.807, 2.05) is 13.8 Å². The number of aliphatic hydroxyl groups is 1. The van der Waals surface area contributed by atoms with Crippen molar-refractivity contribution >= 4 is 0 Å². The molecule has 106 valence electrons. The lowest BCUT2D eigenvalue weighted by atomic mass is 9.87. The first-order valence-corrected chi connectivity index (χ1v) is 7.06. The zero-order chi connectivity index (χ0) is 14.1. The van der Waals surface area contributed by atoms with Crippen LogP contribution in [0.15, 0.2) is 0 Å². The fourth-order valence-electron chi connectivity index (χ4n) is 1.95. The normalized spacial score (nSPS) is 12.4. The van der Waals surface area contributed by atoms with Gasteiger partial charge in [-0.15, -0.1) is 0 Å². The number of unbranched alkanes of at least 4 members (excludes halogenated alkanes) is 1. The quantitative estimate of drug-likeness (QED) is 0.589. The molecule has 2 N–H and O–H groups in total. The summed E-state index contributed by atoms with van der Waals surface area (Å²) >= 11 is 0. The molecule has 0 bridgehead atoms. The Kier molecular flexibility index (Phi) is 8.22. The molecule has 0 aliphatic rings. The van der Waals surface area contributed by atoms with Crippen molar-refractivity contribution in [2.75, 3.05) is 19.7 Å². The van der Waals surface area contributed by atoms with Gasteiger partial charge in [0.25, 0.3) is 0 Å². The lowest BCUT2D eigenvalue weighted by Gasteiger charge is -2.24. The Balaban J connectivity index is 3.54. The van der Waals surface area contributed by atoms with Crippen LogP contribution < -0.4 is 5.32 Å². The molecule has 0 unspecified atom stereocenters. The summed E-state index contributed by atoms with van der Waals surface area (Å²) in [5.74, 6) is 0. The number of nitrogens with zero attached hydrogens (tertiary/aromatic N) is 1. The van der Waals surface area contributed by atoms with Crippen molar-refractivity contribution in [3.63, 3.8) is 0 Å². The Labute approximate surface area is 113 Å². The third-order valence-electron chi connectivity index (χ3n) is 3.32. The van der Waals surface area contributed by atoms with E-state index in [1.165, 1.54) is 0 Å². The van der Waals surface area contributed by atoms with E-state index < -0.39 is 0 Å². The van der Waals surface area contributed by atoms with Gasteiger partial charge in [0.2, 0.25) is 0 Å². The zero-order valence-corrected chi connectivity index (χ0v) is 12.6. The second-order valence-electron chi connectivity index (χ2n) is 6.62. The molecule has 0 saturated heterocycles. The van der Waals surface area contributed by atoms with Crippen LogP contribution in [0, 0.1) is 22.2 Å². The standard InChI is InChI=1S/C15H30N2O/c1-14(2,12-16)8-5-6-10-17-13-15(3,4)9-7-11-18/h17-18H,5-11,13H2,1-4H3. The zero-order valence-electron chi connectivity index (χ0n) is 12.6. The van der Waals surface area contributed by atoms with Crippen LogP contribution in [0.1, 0.15) is 59.8 Å². The molecule has 0 amide bonds. The minimum atomic E-state index is -0.180. The Morgan fingerprint density at radius 1 is 1.06 bits per heavy atom. The summed E-state index contributed by atoms with van der Waals surface area (Å²) in [6.45, 7) is 10.8. The molecule has 0 aliphatic carbocycles. The van der Waals surface area contributed by atoms with Crippen molar-refractivity contribution in [2.45, 2.75) is 59.8 Å². The molecule has 0 heterocycles. The molecule has 0 rings (SSSR count). The van der Waals surface area contributed by atoms with Crippen molar-refractivity contribution < 1.29 is 5.11 Å². The first-order valence-electron chi connectivity index (χ1n) is 7.06. The fraction of sp³-hybridized carbons (Fsp3) is 0.933. The minimum absolute atomic E-state index is 0.180. The van der Waals surface area contributed by atoms with Crippen molar-refractivity contribution in [3.8, 4) is 6.07 Å². The Morgan fingerprint density at radius 3 is 2.28 bits per heavy atom. The number of hydrogen-bond acceptors (Lipinski definition) is 3. The van der Waals surface area contributed by atoms with Gasteiger partial charge in [0.1, 0.15) is 0 Å². The van der Waals surface area contributed by atoms with Gasteiger partial charge in [-0.2, -0.15) is 5.26 Å². The lowest BCUT2D eigenvalue weighted by Crippen LogP contribution is -2.30. The van der Waals surface area contributed by atoms with Gasteiger partial charge in [0, 0.05) is 13.2 Å². The molecular formula is C15H30N2O. The highest BCUT2D eigenvalue weighted by molar-refractivity contribution is 4.91. The summed E-state index contributed by atoms with van der Waals surface area (Å²) in [7, 11) is 0. The van der Waals surface area contributed by atoms with Crippen LogP contribution in [0.2, 0.25) is 0 Å². The van der Waals surface area contributed by atoms with E-state index in [9.17, 15) is 0 Å². The number of hydrogen-bond donors (Lipinski definition) is 2. The molecule has 0 saturated carbocycles. The maximum atomic E-state index is 8.90. The maximum absolute atomic E-state index is 8.90. The first kappa shape index (κ1) is 17.4. The third kappa shape index (κ3) is 9.44. The highest BCUT2D eigenvalue weighted by atomic mass is 16.2. The number of nitrogens with one attached hydrogen (secondary N) is 1. The molecule has 3 nitrogen and oxygen atoms in total. The predicted octanol–water partition coefficient (Wildman–Crippen LogP) is 3.09. The first-order chi connectivity index (χ1) is 8.33. The molecule has 0 spiro atoms. The fourth-order valence-corrected chi connectivity index (χ4v) is 1.95. The van der Waals surface area contributed by atoms with Crippen LogP contribution in [0.3, 0.4) is 0 Å². The van der Waals surface area contributed by atoms with Gasteiger partial charge in [-0.25, -0.2) is 0 Å². The minimum Gasteiger partial charge on any atom is -0.396 e. The molecule has 0 atom stereocenters.